The normalized spacial score (nSPS) is 20.5. The number of aromatic hydroxyl groups is 1. The zero-order valence-electron chi connectivity index (χ0n) is 10.0. The van der Waals surface area contributed by atoms with Gasteiger partial charge < -0.3 is 25.5 Å². The van der Waals surface area contributed by atoms with Gasteiger partial charge in [0.05, 0.1) is 5.92 Å². The van der Waals surface area contributed by atoms with Crippen molar-refractivity contribution in [3.63, 3.8) is 0 Å². The molecule has 0 bridgehead atoms. The molecule has 2 unspecified atom stereocenters. The van der Waals surface area contributed by atoms with Crippen LogP contribution in [-0.4, -0.2) is 28.9 Å². The average Bonchev–Trinajstić information content (AvgIpc) is 2.39. The van der Waals surface area contributed by atoms with E-state index in [4.69, 9.17) is 20.4 Å². The van der Waals surface area contributed by atoms with Crippen LogP contribution in [0.3, 0.4) is 0 Å². The SMILES string of the molecule is CCC(C(N)=NO)C1COc2c(O)cccc2O1. The van der Waals surface area contributed by atoms with Crippen molar-refractivity contribution in [1.29, 1.82) is 0 Å². The molecule has 1 aromatic rings. The second kappa shape index (κ2) is 5.03. The third kappa shape index (κ3) is 2.13. The van der Waals surface area contributed by atoms with Gasteiger partial charge in [-0.2, -0.15) is 0 Å². The third-order valence-corrected chi connectivity index (χ3v) is 3.01. The Hall–Kier alpha value is -2.11. The number of rotatable bonds is 3. The highest BCUT2D eigenvalue weighted by molar-refractivity contribution is 5.82. The van der Waals surface area contributed by atoms with Crippen LogP contribution in [0.5, 0.6) is 17.2 Å². The fourth-order valence-electron chi connectivity index (χ4n) is 2.04. The fourth-order valence-corrected chi connectivity index (χ4v) is 2.04. The van der Waals surface area contributed by atoms with E-state index in [9.17, 15) is 5.11 Å². The molecule has 1 aromatic carbocycles. The summed E-state index contributed by atoms with van der Waals surface area (Å²) in [4.78, 5) is 0. The summed E-state index contributed by atoms with van der Waals surface area (Å²) in [6, 6.07) is 4.91. The van der Waals surface area contributed by atoms with E-state index in [-0.39, 0.29) is 30.2 Å². The van der Waals surface area contributed by atoms with Crippen LogP contribution < -0.4 is 15.2 Å². The molecule has 4 N–H and O–H groups in total. The first-order chi connectivity index (χ1) is 8.67. The molecule has 2 atom stereocenters. The minimum absolute atomic E-state index is 0.0443. The zero-order chi connectivity index (χ0) is 13.1. The summed E-state index contributed by atoms with van der Waals surface area (Å²) in [6.07, 6.45) is 0.332. The smallest absolute Gasteiger partial charge is 0.203 e. The van der Waals surface area contributed by atoms with Gasteiger partial charge in [0.2, 0.25) is 5.75 Å². The molecule has 6 heteroatoms. The van der Waals surface area contributed by atoms with Gasteiger partial charge in [-0.25, -0.2) is 0 Å². The van der Waals surface area contributed by atoms with E-state index in [0.29, 0.717) is 17.9 Å². The van der Waals surface area contributed by atoms with Crippen molar-refractivity contribution in [2.75, 3.05) is 6.61 Å². The summed E-state index contributed by atoms with van der Waals surface area (Å²) in [5.41, 5.74) is 5.62. The van der Waals surface area contributed by atoms with Crippen molar-refractivity contribution < 1.29 is 19.8 Å². The van der Waals surface area contributed by atoms with Gasteiger partial charge in [0, 0.05) is 0 Å². The molecule has 0 aliphatic carbocycles. The van der Waals surface area contributed by atoms with Crippen molar-refractivity contribution in [3.8, 4) is 17.2 Å². The lowest BCUT2D eigenvalue weighted by molar-refractivity contribution is 0.0626. The van der Waals surface area contributed by atoms with Crippen LogP contribution >= 0.6 is 0 Å². The van der Waals surface area contributed by atoms with Gasteiger partial charge in [0.1, 0.15) is 18.5 Å². The first kappa shape index (κ1) is 12.3. The molecule has 1 aliphatic heterocycles. The van der Waals surface area contributed by atoms with Gasteiger partial charge in [-0.3, -0.25) is 0 Å². The summed E-state index contributed by atoms with van der Waals surface area (Å²) in [5.74, 6) is 0.738. The second-order valence-corrected chi connectivity index (χ2v) is 4.11. The van der Waals surface area contributed by atoms with Crippen LogP contribution in [0.25, 0.3) is 0 Å². The minimum Gasteiger partial charge on any atom is -0.504 e. The molecule has 0 saturated heterocycles. The number of hydrogen-bond donors (Lipinski definition) is 3. The number of para-hydroxylation sites is 1. The molecule has 0 amide bonds. The largest absolute Gasteiger partial charge is 0.504 e. The third-order valence-electron chi connectivity index (χ3n) is 3.01. The fraction of sp³-hybridized carbons (Fsp3) is 0.417. The van der Waals surface area contributed by atoms with Crippen molar-refractivity contribution in [2.24, 2.45) is 16.8 Å². The number of nitrogens with two attached hydrogens (primary N) is 1. The molecule has 0 radical (unpaired) electrons. The summed E-state index contributed by atoms with van der Waals surface area (Å²) >= 11 is 0. The standard InChI is InChI=1S/C12H16N2O4/c1-2-7(12(13)14-16)10-6-17-11-8(15)4-3-5-9(11)18-10/h3-5,7,10,15-16H,2,6H2,1H3,(H2,13,14). The summed E-state index contributed by atoms with van der Waals surface area (Å²) in [7, 11) is 0. The quantitative estimate of drug-likeness (QED) is 0.326. The number of amidine groups is 1. The van der Waals surface area contributed by atoms with Crippen LogP contribution in [0.4, 0.5) is 0 Å². The van der Waals surface area contributed by atoms with Crippen LogP contribution in [0, 0.1) is 5.92 Å². The Kier molecular flexibility index (Phi) is 3.45. The molecular weight excluding hydrogens is 236 g/mol. The minimum atomic E-state index is -0.333. The number of benzene rings is 1. The molecule has 0 aromatic heterocycles. The maximum atomic E-state index is 9.60. The molecule has 2 rings (SSSR count). The predicted molar refractivity (Wildman–Crippen MR) is 65.2 cm³/mol. The lowest BCUT2D eigenvalue weighted by atomic mass is 9.98. The molecule has 1 heterocycles. The number of phenols is 1. The average molecular weight is 252 g/mol. The van der Waals surface area contributed by atoms with Crippen molar-refractivity contribution in [3.05, 3.63) is 18.2 Å². The lowest BCUT2D eigenvalue weighted by Gasteiger charge is -2.31. The number of hydrogen-bond acceptors (Lipinski definition) is 5. The topological polar surface area (TPSA) is 97.3 Å². The van der Waals surface area contributed by atoms with Crippen molar-refractivity contribution in [2.45, 2.75) is 19.4 Å². The van der Waals surface area contributed by atoms with Gasteiger partial charge in [-0.15, -0.1) is 0 Å². The first-order valence-corrected chi connectivity index (χ1v) is 5.76. The number of fused-ring (bicyclic) bond motifs is 1. The Morgan fingerprint density at radius 1 is 1.61 bits per heavy atom. The summed E-state index contributed by atoms with van der Waals surface area (Å²) < 4.78 is 11.2. The molecule has 18 heavy (non-hydrogen) atoms. The maximum absolute atomic E-state index is 9.60. The zero-order valence-corrected chi connectivity index (χ0v) is 10.0. The molecule has 6 nitrogen and oxygen atoms in total. The van der Waals surface area contributed by atoms with E-state index in [1.165, 1.54) is 6.07 Å². The van der Waals surface area contributed by atoms with Crippen LogP contribution in [-0.2, 0) is 0 Å². The second-order valence-electron chi connectivity index (χ2n) is 4.11. The number of oxime groups is 1. The summed E-state index contributed by atoms with van der Waals surface area (Å²) in [6.45, 7) is 2.17. The maximum Gasteiger partial charge on any atom is 0.203 e. The highest BCUT2D eigenvalue weighted by Gasteiger charge is 2.31. The predicted octanol–water partition coefficient (Wildman–Crippen LogP) is 1.30. The molecule has 1 aliphatic rings. The Morgan fingerprint density at radius 2 is 2.39 bits per heavy atom. The molecule has 0 spiro atoms. The number of ether oxygens (including phenoxy) is 2. The molecule has 0 fully saturated rings. The van der Waals surface area contributed by atoms with Crippen LogP contribution in [0.15, 0.2) is 23.4 Å². The van der Waals surface area contributed by atoms with Crippen molar-refractivity contribution in [1.82, 2.24) is 0 Å². The van der Waals surface area contributed by atoms with Gasteiger partial charge in [-0.05, 0) is 18.6 Å². The van der Waals surface area contributed by atoms with E-state index in [1.807, 2.05) is 6.92 Å². The molecular formula is C12H16N2O4. The van der Waals surface area contributed by atoms with E-state index >= 15 is 0 Å². The summed E-state index contributed by atoms with van der Waals surface area (Å²) in [5, 5.41) is 21.4. The van der Waals surface area contributed by atoms with Gasteiger partial charge >= 0.3 is 0 Å². The monoisotopic (exact) mass is 252 g/mol. The van der Waals surface area contributed by atoms with Gasteiger partial charge in [-0.1, -0.05) is 18.1 Å². The van der Waals surface area contributed by atoms with Crippen LogP contribution in [0.1, 0.15) is 13.3 Å². The highest BCUT2D eigenvalue weighted by Crippen LogP contribution is 2.40. The van der Waals surface area contributed by atoms with E-state index in [0.717, 1.165) is 0 Å². The van der Waals surface area contributed by atoms with E-state index < -0.39 is 0 Å². The Balaban J connectivity index is 2.21. The van der Waals surface area contributed by atoms with Gasteiger partial charge in [0.25, 0.3) is 0 Å². The van der Waals surface area contributed by atoms with Crippen molar-refractivity contribution >= 4 is 5.84 Å². The van der Waals surface area contributed by atoms with E-state index in [2.05, 4.69) is 5.16 Å². The number of nitrogens with zero attached hydrogens (tertiary/aromatic N) is 1. The Labute approximate surface area is 105 Å². The first-order valence-electron chi connectivity index (χ1n) is 5.76. The van der Waals surface area contributed by atoms with E-state index in [1.54, 1.807) is 12.1 Å². The number of phenolic OH excluding ortho intramolecular Hbond substituents is 1. The highest BCUT2D eigenvalue weighted by atomic mass is 16.6. The Bertz CT molecular complexity index is 461. The molecule has 0 saturated carbocycles. The molecule has 98 valence electrons. The van der Waals surface area contributed by atoms with Crippen LogP contribution in [0.2, 0.25) is 0 Å². The lowest BCUT2D eigenvalue weighted by Crippen LogP contribution is -2.42. The Morgan fingerprint density at radius 3 is 3.06 bits per heavy atom. The van der Waals surface area contributed by atoms with Gasteiger partial charge in [0.15, 0.2) is 11.5 Å².